The van der Waals surface area contributed by atoms with Crippen LogP contribution in [0.5, 0.6) is 0 Å². The van der Waals surface area contributed by atoms with Crippen molar-refractivity contribution >= 4 is 5.97 Å². The second-order valence-electron chi connectivity index (χ2n) is 4.62. The lowest BCUT2D eigenvalue weighted by atomic mass is 9.84. The van der Waals surface area contributed by atoms with Gasteiger partial charge in [0, 0.05) is 23.3 Å². The zero-order valence-corrected chi connectivity index (χ0v) is 9.98. The van der Waals surface area contributed by atoms with Crippen molar-refractivity contribution in [3.8, 4) is 0 Å². The Labute approximate surface area is 105 Å². The van der Waals surface area contributed by atoms with E-state index in [-0.39, 0.29) is 12.6 Å². The highest BCUT2D eigenvalue weighted by Crippen LogP contribution is 2.42. The van der Waals surface area contributed by atoms with E-state index >= 15 is 0 Å². The van der Waals surface area contributed by atoms with Crippen molar-refractivity contribution in [1.82, 2.24) is 5.32 Å². The molecule has 2 heterocycles. The fourth-order valence-corrected chi connectivity index (χ4v) is 2.74. The van der Waals surface area contributed by atoms with Gasteiger partial charge >= 0.3 is 5.97 Å². The van der Waals surface area contributed by atoms with E-state index in [0.29, 0.717) is 13.0 Å². The Morgan fingerprint density at radius 2 is 2.11 bits per heavy atom. The van der Waals surface area contributed by atoms with Crippen LogP contribution in [0.1, 0.15) is 12.0 Å². The molecule has 0 radical (unpaired) electrons. The summed E-state index contributed by atoms with van der Waals surface area (Å²) < 4.78 is 5.53. The smallest absolute Gasteiger partial charge is 0.335 e. The van der Waals surface area contributed by atoms with E-state index in [1.54, 1.807) is 0 Å². The Kier molecular flexibility index (Phi) is 2.69. The fraction of sp³-hybridized carbons (Fsp3) is 0.357. The summed E-state index contributed by atoms with van der Waals surface area (Å²) in [7, 11) is 0. The van der Waals surface area contributed by atoms with Crippen LogP contribution in [0.25, 0.3) is 0 Å². The monoisotopic (exact) mass is 245 g/mol. The molecule has 0 saturated heterocycles. The number of carbonyl (C=O) groups excluding carboxylic acids is 1. The largest absolute Gasteiger partial charge is 0.444 e. The number of carbonyl (C=O) groups is 1. The van der Waals surface area contributed by atoms with Crippen molar-refractivity contribution < 1.29 is 14.6 Å². The predicted molar refractivity (Wildman–Crippen MR) is 65.8 cm³/mol. The molecule has 2 N–H and O–H groups in total. The Bertz CT molecular complexity index is 509. The summed E-state index contributed by atoms with van der Waals surface area (Å²) in [6, 6.07) is 9.44. The van der Waals surface area contributed by atoms with E-state index in [9.17, 15) is 9.90 Å². The Hall–Kier alpha value is -1.65. The van der Waals surface area contributed by atoms with Gasteiger partial charge in [0.05, 0.1) is 6.61 Å². The predicted octanol–water partition coefficient (Wildman–Crippen LogP) is 0.721. The highest BCUT2D eigenvalue weighted by atomic mass is 16.6. The van der Waals surface area contributed by atoms with Crippen molar-refractivity contribution in [1.29, 1.82) is 0 Å². The Morgan fingerprint density at radius 3 is 2.83 bits per heavy atom. The molecule has 1 aromatic rings. The number of hydrogen-bond acceptors (Lipinski definition) is 4. The molecule has 0 aromatic heterocycles. The summed E-state index contributed by atoms with van der Waals surface area (Å²) in [6.45, 7) is 1.16. The molecule has 94 valence electrons. The number of aliphatic hydroxyl groups excluding tert-OH is 1. The molecule has 0 spiro atoms. The van der Waals surface area contributed by atoms with Gasteiger partial charge in [-0.05, 0) is 13.0 Å². The molecule has 0 bridgehead atoms. The van der Waals surface area contributed by atoms with Crippen molar-refractivity contribution in [2.24, 2.45) is 0 Å². The van der Waals surface area contributed by atoms with Crippen molar-refractivity contribution in [2.45, 2.75) is 12.0 Å². The maximum atomic E-state index is 11.9. The van der Waals surface area contributed by atoms with Gasteiger partial charge in [0.1, 0.15) is 0 Å². The number of esters is 1. The first-order valence-electron chi connectivity index (χ1n) is 6.11. The van der Waals surface area contributed by atoms with Gasteiger partial charge in [-0.25, -0.2) is 4.79 Å². The highest BCUT2D eigenvalue weighted by molar-refractivity contribution is 5.93. The van der Waals surface area contributed by atoms with Gasteiger partial charge < -0.3 is 15.2 Å². The number of nitrogens with one attached hydrogen (secondary N) is 1. The minimum atomic E-state index is -0.985. The molecule has 1 unspecified atom stereocenters. The van der Waals surface area contributed by atoms with Crippen molar-refractivity contribution in [3.63, 3.8) is 0 Å². The SMILES string of the molecule is O=C1OC(CO)(c2ccccc2)C2=C1CCNC2. The Morgan fingerprint density at radius 1 is 1.33 bits per heavy atom. The first kappa shape index (κ1) is 11.4. The average molecular weight is 245 g/mol. The molecule has 2 aliphatic heterocycles. The van der Waals surface area contributed by atoms with Crippen molar-refractivity contribution in [3.05, 3.63) is 47.0 Å². The lowest BCUT2D eigenvalue weighted by Gasteiger charge is -2.30. The average Bonchev–Trinajstić information content (AvgIpc) is 2.74. The van der Waals surface area contributed by atoms with E-state index in [0.717, 1.165) is 23.3 Å². The highest BCUT2D eigenvalue weighted by Gasteiger charge is 2.48. The molecule has 4 nitrogen and oxygen atoms in total. The molecule has 1 atom stereocenters. The fourth-order valence-electron chi connectivity index (χ4n) is 2.74. The minimum absolute atomic E-state index is 0.219. The van der Waals surface area contributed by atoms with Gasteiger partial charge in [0.15, 0.2) is 5.60 Å². The zero-order valence-electron chi connectivity index (χ0n) is 9.98. The van der Waals surface area contributed by atoms with Gasteiger partial charge in [-0.1, -0.05) is 30.3 Å². The van der Waals surface area contributed by atoms with Gasteiger partial charge in [0.25, 0.3) is 0 Å². The molecule has 0 aliphatic carbocycles. The van der Waals surface area contributed by atoms with E-state index < -0.39 is 5.60 Å². The van der Waals surface area contributed by atoms with Crippen LogP contribution < -0.4 is 5.32 Å². The third-order valence-electron chi connectivity index (χ3n) is 3.68. The molecule has 0 fully saturated rings. The summed E-state index contributed by atoms with van der Waals surface area (Å²) in [5, 5.41) is 13.0. The topological polar surface area (TPSA) is 58.6 Å². The van der Waals surface area contributed by atoms with Gasteiger partial charge in [-0.2, -0.15) is 0 Å². The van der Waals surface area contributed by atoms with E-state index in [2.05, 4.69) is 5.32 Å². The number of aliphatic hydroxyl groups is 1. The zero-order chi connectivity index (χ0) is 12.6. The number of cyclic esters (lactones) is 1. The summed E-state index contributed by atoms with van der Waals surface area (Å²) in [4.78, 5) is 11.9. The van der Waals surface area contributed by atoms with Gasteiger partial charge in [-0.15, -0.1) is 0 Å². The molecule has 2 aliphatic rings. The van der Waals surface area contributed by atoms with E-state index in [4.69, 9.17) is 4.74 Å². The first-order chi connectivity index (χ1) is 8.78. The third-order valence-corrected chi connectivity index (χ3v) is 3.68. The number of benzene rings is 1. The minimum Gasteiger partial charge on any atom is -0.444 e. The number of rotatable bonds is 2. The maximum Gasteiger partial charge on any atom is 0.335 e. The summed E-state index contributed by atoms with van der Waals surface area (Å²) >= 11 is 0. The molecule has 4 heteroatoms. The van der Waals surface area contributed by atoms with Crippen LogP contribution in [0.15, 0.2) is 41.5 Å². The van der Waals surface area contributed by atoms with E-state index in [1.807, 2.05) is 30.3 Å². The second-order valence-corrected chi connectivity index (χ2v) is 4.62. The third kappa shape index (κ3) is 1.50. The molecule has 0 saturated carbocycles. The quantitative estimate of drug-likeness (QED) is 0.754. The molecular weight excluding hydrogens is 230 g/mol. The lowest BCUT2D eigenvalue weighted by Crippen LogP contribution is -2.38. The lowest BCUT2D eigenvalue weighted by molar-refractivity contribution is -0.151. The molecule has 0 amide bonds. The first-order valence-corrected chi connectivity index (χ1v) is 6.11. The number of ether oxygens (including phenoxy) is 1. The maximum absolute atomic E-state index is 11.9. The van der Waals surface area contributed by atoms with Gasteiger partial charge in [-0.3, -0.25) is 0 Å². The van der Waals surface area contributed by atoms with Crippen LogP contribution in [-0.4, -0.2) is 30.8 Å². The van der Waals surface area contributed by atoms with Crippen LogP contribution >= 0.6 is 0 Å². The number of hydrogen-bond donors (Lipinski definition) is 2. The van der Waals surface area contributed by atoms with Gasteiger partial charge in [0.2, 0.25) is 0 Å². The Balaban J connectivity index is 2.13. The molecular formula is C14H15NO3. The van der Waals surface area contributed by atoms with Crippen LogP contribution in [0.3, 0.4) is 0 Å². The van der Waals surface area contributed by atoms with Crippen LogP contribution in [0.4, 0.5) is 0 Å². The van der Waals surface area contributed by atoms with E-state index in [1.165, 1.54) is 0 Å². The van der Waals surface area contributed by atoms with Crippen LogP contribution in [-0.2, 0) is 15.1 Å². The second kappa shape index (κ2) is 4.23. The normalized spacial score (nSPS) is 27.1. The molecule has 18 heavy (non-hydrogen) atoms. The summed E-state index contributed by atoms with van der Waals surface area (Å²) in [5.41, 5.74) is 1.45. The molecule has 3 rings (SSSR count). The standard InChI is InChI=1S/C14H15NO3/c16-9-14(10-4-2-1-3-5-10)12-8-15-7-6-11(12)13(17)18-14/h1-5,15-16H,6-9H2. The molecule has 1 aromatic carbocycles. The summed E-state index contributed by atoms with van der Waals surface area (Å²) in [5.74, 6) is -0.288. The van der Waals surface area contributed by atoms with Crippen LogP contribution in [0, 0.1) is 0 Å². The van der Waals surface area contributed by atoms with Crippen LogP contribution in [0.2, 0.25) is 0 Å². The summed E-state index contributed by atoms with van der Waals surface area (Å²) in [6.07, 6.45) is 0.669. The van der Waals surface area contributed by atoms with Crippen molar-refractivity contribution in [2.75, 3.05) is 19.7 Å².